The van der Waals surface area contributed by atoms with Gasteiger partial charge in [-0.1, -0.05) is 234 Å². The van der Waals surface area contributed by atoms with Gasteiger partial charge in [0.1, 0.15) is 11.3 Å². The van der Waals surface area contributed by atoms with E-state index in [0.29, 0.717) is 45.6 Å². The summed E-state index contributed by atoms with van der Waals surface area (Å²) in [5.41, 5.74) is 18.7. The normalized spacial score (nSPS) is 13.1. The Labute approximate surface area is 564 Å². The molecule has 96 heavy (non-hydrogen) atoms. The molecule has 5 aromatic heterocycles. The molecule has 5 heterocycles. The lowest BCUT2D eigenvalue weighted by atomic mass is 9.85. The van der Waals surface area contributed by atoms with Crippen molar-refractivity contribution in [3.63, 3.8) is 0 Å². The third-order valence-corrected chi connectivity index (χ3v) is 20.1. The first kappa shape index (κ1) is 62.0. The predicted molar refractivity (Wildman–Crippen MR) is 405 cm³/mol. The molecule has 8 nitrogen and oxygen atoms in total. The molecule has 0 bridgehead atoms. The second kappa shape index (κ2) is 21.5. The first-order chi connectivity index (χ1) is 45.4. The maximum absolute atomic E-state index is 10.3. The highest BCUT2D eigenvalue weighted by Crippen LogP contribution is 2.55. The molecule has 478 valence electrons. The highest BCUT2D eigenvalue weighted by Gasteiger charge is 2.36. The van der Waals surface area contributed by atoms with Crippen LogP contribution in [0.1, 0.15) is 158 Å². The molecular weight excluding hydrogens is 1170 g/mol. The Bertz CT molecular complexity index is 5490. The summed E-state index contributed by atoms with van der Waals surface area (Å²) < 4.78 is 15.4. The van der Waals surface area contributed by atoms with E-state index in [4.69, 9.17) is 24.2 Å². The quantitative estimate of drug-likeness (QED) is 0.156. The van der Waals surface area contributed by atoms with Gasteiger partial charge >= 0.3 is 0 Å². The molecule has 15 rings (SSSR count). The Morgan fingerprint density at radius 1 is 0.302 bits per heavy atom. The largest absolute Gasteiger partial charge is 0.453 e. The summed E-state index contributed by atoms with van der Waals surface area (Å²) >= 11 is 0. The van der Waals surface area contributed by atoms with Crippen molar-refractivity contribution in [2.75, 3.05) is 0 Å². The van der Waals surface area contributed by atoms with Gasteiger partial charge in [-0.3, -0.25) is 0 Å². The van der Waals surface area contributed by atoms with Crippen molar-refractivity contribution in [1.82, 2.24) is 28.7 Å². The van der Waals surface area contributed by atoms with E-state index >= 15 is 0 Å². The Kier molecular flexibility index (Phi) is 13.9. The molecule has 0 aliphatic carbocycles. The molecule has 8 heteroatoms. The minimum absolute atomic E-state index is 0.152. The zero-order valence-corrected chi connectivity index (χ0v) is 58.9. The molecule has 0 N–H and O–H groups in total. The van der Waals surface area contributed by atoms with Crippen molar-refractivity contribution >= 4 is 93.0 Å². The molecule has 0 radical (unpaired) electrons. The van der Waals surface area contributed by atoms with Crippen molar-refractivity contribution < 1.29 is 4.42 Å². The Morgan fingerprint density at radius 2 is 0.604 bits per heavy atom. The number of hydrogen-bond donors (Lipinski definition) is 0. The lowest BCUT2D eigenvalue weighted by Gasteiger charge is -2.24. The van der Waals surface area contributed by atoms with Crippen LogP contribution in [0.5, 0.6) is 0 Å². The first-order valence-electron chi connectivity index (χ1n) is 34.0. The zero-order valence-electron chi connectivity index (χ0n) is 58.9. The summed E-state index contributed by atoms with van der Waals surface area (Å²) in [6, 6.07) is 68.7. The highest BCUT2D eigenvalue weighted by molar-refractivity contribution is 6.24. The van der Waals surface area contributed by atoms with E-state index in [1.807, 2.05) is 60.7 Å². The van der Waals surface area contributed by atoms with Crippen molar-refractivity contribution in [2.45, 2.75) is 157 Å². The molecule has 0 amide bonds. The van der Waals surface area contributed by atoms with Crippen LogP contribution in [0.15, 0.2) is 192 Å². The van der Waals surface area contributed by atoms with Gasteiger partial charge in [-0.05, 0) is 145 Å². The molecule has 0 spiro atoms. The lowest BCUT2D eigenvalue weighted by Crippen LogP contribution is -2.11. The van der Waals surface area contributed by atoms with Gasteiger partial charge in [0.15, 0.2) is 23.1 Å². The van der Waals surface area contributed by atoms with E-state index in [2.05, 4.69) is 266 Å². The molecule has 0 saturated carbocycles. The van der Waals surface area contributed by atoms with E-state index in [1.54, 1.807) is 0 Å². The lowest BCUT2D eigenvalue weighted by molar-refractivity contribution is 0.590. The average Bonchev–Trinajstić information content (AvgIpc) is 1.51. The van der Waals surface area contributed by atoms with E-state index < -0.39 is 0 Å². The Morgan fingerprint density at radius 3 is 0.917 bits per heavy atom. The van der Waals surface area contributed by atoms with Crippen LogP contribution in [-0.2, 0) is 32.5 Å². The number of hydrogen-bond acceptors (Lipinski definition) is 4. The van der Waals surface area contributed by atoms with Crippen molar-refractivity contribution in [3.05, 3.63) is 233 Å². The summed E-state index contributed by atoms with van der Waals surface area (Å²) in [6.45, 7) is 51.6. The van der Waals surface area contributed by atoms with Crippen molar-refractivity contribution in [2.24, 2.45) is 0 Å². The topological polar surface area (TPSA) is 71.0 Å². The number of rotatable bonds is 6. The molecule has 0 aliphatic heterocycles. The van der Waals surface area contributed by atoms with E-state index in [9.17, 15) is 6.57 Å². The fourth-order valence-electron chi connectivity index (χ4n) is 14.4. The number of aromatic nitrogens is 6. The molecule has 0 saturated heterocycles. The number of furan rings is 1. The van der Waals surface area contributed by atoms with Gasteiger partial charge in [-0.25, -0.2) is 19.8 Å². The fourth-order valence-corrected chi connectivity index (χ4v) is 14.4. The Hall–Kier alpha value is -10.1. The van der Waals surface area contributed by atoms with Gasteiger partial charge in [0, 0.05) is 54.2 Å². The van der Waals surface area contributed by atoms with Crippen LogP contribution in [0.3, 0.4) is 0 Å². The van der Waals surface area contributed by atoms with Crippen LogP contribution in [0.2, 0.25) is 0 Å². The molecule has 0 aliphatic rings. The summed E-state index contributed by atoms with van der Waals surface area (Å²) in [4.78, 5) is 21.1. The van der Waals surface area contributed by atoms with Crippen LogP contribution < -0.4 is 0 Å². The summed E-state index contributed by atoms with van der Waals surface area (Å²) in [6.07, 6.45) is 0. The maximum atomic E-state index is 10.3. The third kappa shape index (κ3) is 10.0. The van der Waals surface area contributed by atoms with Gasteiger partial charge in [0.25, 0.3) is 0 Å². The van der Waals surface area contributed by atoms with Crippen LogP contribution in [-0.4, -0.2) is 28.7 Å². The van der Waals surface area contributed by atoms with E-state index in [0.717, 1.165) is 98.7 Å². The Balaban J connectivity index is 1.23. The maximum Gasteiger partial charge on any atom is 0.236 e. The van der Waals surface area contributed by atoms with Crippen LogP contribution in [0.25, 0.3) is 143 Å². The smallest absolute Gasteiger partial charge is 0.236 e. The third-order valence-electron chi connectivity index (χ3n) is 20.1. The second-order valence-corrected chi connectivity index (χ2v) is 32.9. The summed E-state index contributed by atoms with van der Waals surface area (Å²) in [5, 5.41) is 8.34. The van der Waals surface area contributed by atoms with Gasteiger partial charge in [-0.2, -0.15) is 0 Å². The van der Waals surface area contributed by atoms with Gasteiger partial charge in [0.2, 0.25) is 5.69 Å². The van der Waals surface area contributed by atoms with E-state index in [-0.39, 0.29) is 32.5 Å². The van der Waals surface area contributed by atoms with Crippen molar-refractivity contribution in [3.8, 4) is 51.2 Å². The molecule has 10 aromatic carbocycles. The van der Waals surface area contributed by atoms with E-state index in [1.165, 1.54) is 33.4 Å². The summed E-state index contributed by atoms with van der Waals surface area (Å²) in [5.74, 6) is 1.56. The summed E-state index contributed by atoms with van der Waals surface area (Å²) in [7, 11) is 0. The van der Waals surface area contributed by atoms with Gasteiger partial charge in [0.05, 0.1) is 56.6 Å². The number of fused-ring (bicyclic) bond motifs is 12. The fraction of sp³-hybridized carbons (Fsp3) is 0.273. The minimum Gasteiger partial charge on any atom is -0.453 e. The van der Waals surface area contributed by atoms with Crippen LogP contribution in [0, 0.1) is 6.57 Å². The first-order valence-corrected chi connectivity index (χ1v) is 34.0. The monoisotopic (exact) mass is 1260 g/mol. The van der Waals surface area contributed by atoms with Crippen LogP contribution >= 0.6 is 0 Å². The van der Waals surface area contributed by atoms with Gasteiger partial charge < -0.3 is 18.1 Å². The molecular formula is C88H85N7O. The zero-order chi connectivity index (χ0) is 67.7. The standard InChI is InChI=1S/C88H85N7O/c1-83(2,3)53-33-39-67-61(45-53)62-46-54(84(4,5)6)34-40-68(62)93(67)75-73-59-31-26-32-60(82-91-80(51-27-22-20-23-28-51)90-81(92-82)52-29-24-21-25-30-52)78(59)96-79(73)77(95-71-43-37-57(87(13,14)15)49-65(71)66-50-58(88(16,17)18)38-44-72(66)95)76(74(75)89-19)94-69-41-35-55(85(7,8)9)47-63(69)64-48-56(86(10,11)12)36-42-70(64)94/h20-50H,1-18H3. The average molecular weight is 1260 g/mol. The molecule has 0 unspecified atom stereocenters. The number of para-hydroxylation sites is 1. The highest BCUT2D eigenvalue weighted by atomic mass is 16.3. The molecule has 15 aromatic rings. The predicted octanol–water partition coefficient (Wildman–Crippen LogP) is 24.4. The minimum atomic E-state index is -0.158. The number of benzene rings is 10. The van der Waals surface area contributed by atoms with Gasteiger partial charge in [-0.15, -0.1) is 0 Å². The van der Waals surface area contributed by atoms with Crippen molar-refractivity contribution in [1.29, 1.82) is 0 Å². The second-order valence-electron chi connectivity index (χ2n) is 32.9. The molecule has 0 fully saturated rings. The molecule has 0 atom stereocenters. The SMILES string of the molecule is [C-]#[N+]c1c(-n2c3ccc(C(C)(C)C)cc3c3cc(C(C)(C)C)ccc32)c(-n2c3ccc(C(C)(C)C)cc3c3cc(C(C)(C)C)ccc32)c2oc3c(-c4nc(-c5ccccc5)nc(-c5ccccc5)n4)cccc3c2c1-n1c2ccc(C(C)(C)C)cc2c2cc(C(C)(C)C)ccc21. The number of nitrogens with zero attached hydrogens (tertiary/aromatic N) is 7. The van der Waals surface area contributed by atoms with Crippen LogP contribution in [0.4, 0.5) is 5.69 Å².